The summed E-state index contributed by atoms with van der Waals surface area (Å²) in [5.41, 5.74) is 1.99. The minimum atomic E-state index is -0.182. The van der Waals surface area contributed by atoms with Crippen LogP contribution in [-0.4, -0.2) is 43.2 Å². The van der Waals surface area contributed by atoms with Gasteiger partial charge in [-0.05, 0) is 43.0 Å². The molecule has 3 heterocycles. The smallest absolute Gasteiger partial charge is 0.280 e. The largest absolute Gasteiger partial charge is 0.497 e. The third kappa shape index (κ3) is 3.02. The van der Waals surface area contributed by atoms with Gasteiger partial charge in [0.1, 0.15) is 18.6 Å². The fourth-order valence-electron chi connectivity index (χ4n) is 3.99. The molecule has 1 aromatic carbocycles. The highest BCUT2D eigenvalue weighted by Crippen LogP contribution is 2.42. The second kappa shape index (κ2) is 7.01. The SMILES string of the molecule is C=C1OC(Cn2cnc3ncn(C)c3c2=O)=NN1[C@H]1C[C@H](c2ccc(OC)cc2)C1. The molecule has 30 heavy (non-hydrogen) atoms. The topological polar surface area (TPSA) is 86.8 Å². The zero-order valence-electron chi connectivity index (χ0n) is 16.9. The van der Waals surface area contributed by atoms with E-state index in [0.717, 1.165) is 18.6 Å². The third-order valence-electron chi connectivity index (χ3n) is 5.76. The monoisotopic (exact) mass is 406 g/mol. The van der Waals surface area contributed by atoms with Crippen molar-refractivity contribution in [1.82, 2.24) is 24.1 Å². The molecule has 0 amide bonds. The van der Waals surface area contributed by atoms with Gasteiger partial charge in [-0.3, -0.25) is 9.36 Å². The summed E-state index contributed by atoms with van der Waals surface area (Å²) in [5.74, 6) is 2.26. The molecule has 0 spiro atoms. The quantitative estimate of drug-likeness (QED) is 0.646. The lowest BCUT2D eigenvalue weighted by atomic mass is 9.75. The Labute approximate surface area is 172 Å². The first-order valence-corrected chi connectivity index (χ1v) is 9.77. The maximum Gasteiger partial charge on any atom is 0.280 e. The normalized spacial score (nSPS) is 20.8. The molecule has 0 radical (unpaired) electrons. The van der Waals surface area contributed by atoms with Gasteiger partial charge in [-0.1, -0.05) is 12.1 Å². The van der Waals surface area contributed by atoms with Gasteiger partial charge in [0.05, 0.1) is 19.5 Å². The fourth-order valence-corrected chi connectivity index (χ4v) is 3.99. The average Bonchev–Trinajstić information content (AvgIpc) is 3.26. The molecule has 3 aromatic rings. The van der Waals surface area contributed by atoms with Crippen LogP contribution in [0.1, 0.15) is 24.3 Å². The van der Waals surface area contributed by atoms with Crippen molar-refractivity contribution in [2.24, 2.45) is 12.1 Å². The number of hydrazone groups is 1. The molecule has 154 valence electrons. The van der Waals surface area contributed by atoms with Crippen LogP contribution in [0.2, 0.25) is 0 Å². The molecular weight excluding hydrogens is 384 g/mol. The minimum absolute atomic E-state index is 0.182. The summed E-state index contributed by atoms with van der Waals surface area (Å²) < 4.78 is 14.1. The van der Waals surface area contributed by atoms with E-state index >= 15 is 0 Å². The Bertz CT molecular complexity index is 1200. The second-order valence-electron chi connectivity index (χ2n) is 7.63. The molecule has 0 N–H and O–H groups in total. The Morgan fingerprint density at radius 1 is 1.20 bits per heavy atom. The number of aromatic nitrogens is 4. The van der Waals surface area contributed by atoms with Crippen LogP contribution in [0.3, 0.4) is 0 Å². The van der Waals surface area contributed by atoms with Crippen molar-refractivity contribution >= 4 is 17.1 Å². The Morgan fingerprint density at radius 3 is 2.67 bits per heavy atom. The summed E-state index contributed by atoms with van der Waals surface area (Å²) in [6, 6.07) is 8.43. The molecule has 2 aliphatic rings. The maximum atomic E-state index is 12.7. The highest BCUT2D eigenvalue weighted by molar-refractivity contribution is 5.78. The van der Waals surface area contributed by atoms with Crippen molar-refractivity contribution < 1.29 is 9.47 Å². The molecule has 1 fully saturated rings. The van der Waals surface area contributed by atoms with Crippen LogP contribution in [0.4, 0.5) is 0 Å². The highest BCUT2D eigenvalue weighted by Gasteiger charge is 2.38. The van der Waals surface area contributed by atoms with E-state index < -0.39 is 0 Å². The summed E-state index contributed by atoms with van der Waals surface area (Å²) in [5, 5.41) is 6.40. The summed E-state index contributed by atoms with van der Waals surface area (Å²) in [6.45, 7) is 4.18. The Kier molecular flexibility index (Phi) is 4.30. The number of hydrogen-bond acceptors (Lipinski definition) is 7. The van der Waals surface area contributed by atoms with Gasteiger partial charge in [-0.25, -0.2) is 15.0 Å². The summed E-state index contributed by atoms with van der Waals surface area (Å²) in [6.07, 6.45) is 4.98. The number of ether oxygens (including phenoxy) is 2. The maximum absolute atomic E-state index is 12.7. The molecule has 0 bridgehead atoms. The van der Waals surface area contributed by atoms with E-state index in [2.05, 4.69) is 33.8 Å². The minimum Gasteiger partial charge on any atom is -0.497 e. The Balaban J connectivity index is 1.28. The van der Waals surface area contributed by atoms with Gasteiger partial charge in [0.15, 0.2) is 11.2 Å². The number of fused-ring (bicyclic) bond motifs is 1. The van der Waals surface area contributed by atoms with Crippen LogP contribution < -0.4 is 10.3 Å². The third-order valence-corrected chi connectivity index (χ3v) is 5.76. The van der Waals surface area contributed by atoms with Crippen LogP contribution in [-0.2, 0) is 18.3 Å². The van der Waals surface area contributed by atoms with Gasteiger partial charge < -0.3 is 14.0 Å². The van der Waals surface area contributed by atoms with Crippen molar-refractivity contribution in [2.75, 3.05) is 7.11 Å². The Hall–Kier alpha value is -3.62. The van der Waals surface area contributed by atoms with E-state index in [4.69, 9.17) is 9.47 Å². The number of aryl methyl sites for hydroxylation is 1. The zero-order valence-corrected chi connectivity index (χ0v) is 16.9. The Morgan fingerprint density at radius 2 is 1.93 bits per heavy atom. The molecule has 2 aromatic heterocycles. The van der Waals surface area contributed by atoms with Crippen LogP contribution in [0, 0.1) is 0 Å². The van der Waals surface area contributed by atoms with Gasteiger partial charge in [0.25, 0.3) is 5.56 Å². The molecule has 5 rings (SSSR count). The summed E-state index contributed by atoms with van der Waals surface area (Å²) in [4.78, 5) is 21.1. The first-order valence-electron chi connectivity index (χ1n) is 9.77. The molecule has 1 aliphatic heterocycles. The number of rotatable bonds is 5. The van der Waals surface area contributed by atoms with Crippen molar-refractivity contribution in [3.05, 3.63) is 65.3 Å². The molecule has 0 atom stereocenters. The first kappa shape index (κ1) is 18.4. The number of methoxy groups -OCH3 is 1. The summed E-state index contributed by atoms with van der Waals surface area (Å²) in [7, 11) is 3.44. The van der Waals surface area contributed by atoms with Gasteiger partial charge in [0, 0.05) is 7.05 Å². The molecule has 0 unspecified atom stereocenters. The number of benzene rings is 1. The second-order valence-corrected chi connectivity index (χ2v) is 7.63. The summed E-state index contributed by atoms with van der Waals surface area (Å²) >= 11 is 0. The van der Waals surface area contributed by atoms with E-state index in [9.17, 15) is 4.79 Å². The van der Waals surface area contributed by atoms with Gasteiger partial charge in [-0.15, -0.1) is 5.10 Å². The zero-order chi connectivity index (χ0) is 20.8. The van der Waals surface area contributed by atoms with Crippen LogP contribution in [0.5, 0.6) is 5.75 Å². The number of nitrogens with zero attached hydrogens (tertiary/aromatic N) is 6. The molecule has 1 aliphatic carbocycles. The first-order chi connectivity index (χ1) is 14.5. The van der Waals surface area contributed by atoms with E-state index in [1.165, 1.54) is 16.5 Å². The van der Waals surface area contributed by atoms with Crippen molar-refractivity contribution in [1.29, 1.82) is 0 Å². The number of hydrogen-bond donors (Lipinski definition) is 0. The molecule has 0 saturated heterocycles. The predicted octanol–water partition coefficient (Wildman–Crippen LogP) is 2.20. The van der Waals surface area contributed by atoms with Crippen LogP contribution >= 0.6 is 0 Å². The molecule has 9 nitrogen and oxygen atoms in total. The van der Waals surface area contributed by atoms with Crippen LogP contribution in [0.25, 0.3) is 11.2 Å². The predicted molar refractivity (Wildman–Crippen MR) is 111 cm³/mol. The van der Waals surface area contributed by atoms with Crippen molar-refractivity contribution in [2.45, 2.75) is 31.3 Å². The molecular formula is C21H22N6O3. The average molecular weight is 406 g/mol. The van der Waals surface area contributed by atoms with Gasteiger partial charge in [0.2, 0.25) is 11.8 Å². The van der Waals surface area contributed by atoms with Gasteiger partial charge >= 0.3 is 0 Å². The lowest BCUT2D eigenvalue weighted by Gasteiger charge is -2.39. The van der Waals surface area contributed by atoms with Crippen molar-refractivity contribution in [3.63, 3.8) is 0 Å². The van der Waals surface area contributed by atoms with Crippen LogP contribution in [0.15, 0.2) is 59.3 Å². The van der Waals surface area contributed by atoms with E-state index in [-0.39, 0.29) is 18.1 Å². The standard InChI is InChI=1S/C21H22N6O3/c1-13-27(16-8-15(9-16)14-4-6-17(29-3)7-5-14)24-18(30-13)10-26-12-23-20-19(21(26)28)25(2)11-22-20/h4-7,11-12,15-16H,1,8-10H2,2-3H3/t15-,16-. The lowest BCUT2D eigenvalue weighted by molar-refractivity contribution is 0.123. The highest BCUT2D eigenvalue weighted by atomic mass is 16.5. The van der Waals surface area contributed by atoms with Crippen molar-refractivity contribution in [3.8, 4) is 5.75 Å². The van der Waals surface area contributed by atoms with E-state index in [1.807, 2.05) is 17.1 Å². The van der Waals surface area contributed by atoms with E-state index in [0.29, 0.717) is 28.9 Å². The van der Waals surface area contributed by atoms with E-state index in [1.54, 1.807) is 25.1 Å². The molecule has 9 heteroatoms. The molecule has 1 saturated carbocycles. The fraction of sp³-hybridized carbons (Fsp3) is 0.333. The lowest BCUT2D eigenvalue weighted by Crippen LogP contribution is -2.39. The van der Waals surface area contributed by atoms with Gasteiger partial charge in [-0.2, -0.15) is 0 Å². The number of imidazole rings is 1.